The lowest BCUT2D eigenvalue weighted by Crippen LogP contribution is -2.47. The van der Waals surface area contributed by atoms with Gasteiger partial charge in [0, 0.05) is 52.8 Å². The lowest BCUT2D eigenvalue weighted by Gasteiger charge is -2.30. The smallest absolute Gasteiger partial charge is 0.255 e. The molecule has 0 radical (unpaired) electrons. The van der Waals surface area contributed by atoms with Gasteiger partial charge in [-0.15, -0.1) is 0 Å². The monoisotopic (exact) mass is 564 g/mol. The molecular formula is C22H21IN4O4S. The zero-order chi connectivity index (χ0) is 22.7. The quantitative estimate of drug-likeness (QED) is 0.462. The predicted octanol–water partition coefficient (Wildman–Crippen LogP) is 3.30. The number of nitrogens with one attached hydrogen (secondary N) is 1. The number of aromatic nitrogens is 1. The molecule has 0 bridgehead atoms. The van der Waals surface area contributed by atoms with Crippen LogP contribution in [0.25, 0.3) is 11.3 Å². The van der Waals surface area contributed by atoms with E-state index in [0.717, 1.165) is 19.9 Å². The number of anilines is 1. The Morgan fingerprint density at radius 3 is 2.38 bits per heavy atom. The number of carbonyl (C=O) groups is 1. The van der Waals surface area contributed by atoms with Gasteiger partial charge in [0.05, 0.1) is 10.6 Å². The molecule has 166 valence electrons. The van der Waals surface area contributed by atoms with Gasteiger partial charge in [0.2, 0.25) is 10.0 Å². The fourth-order valence-corrected chi connectivity index (χ4v) is 5.40. The number of carbonyl (C=O) groups excluding carboxylic acids is 1. The number of pyridine rings is 1. The third kappa shape index (κ3) is 4.99. The van der Waals surface area contributed by atoms with Gasteiger partial charge in [-0.25, -0.2) is 8.42 Å². The number of hydroxylamine groups is 2. The molecule has 2 aromatic carbocycles. The Hall–Kier alpha value is -2.38. The van der Waals surface area contributed by atoms with Crippen LogP contribution in [-0.4, -0.2) is 60.1 Å². The first-order valence-corrected chi connectivity index (χ1v) is 12.4. The van der Waals surface area contributed by atoms with Crippen molar-refractivity contribution in [3.05, 3.63) is 76.0 Å². The number of nitrogens with zero attached hydrogens (tertiary/aromatic N) is 3. The van der Waals surface area contributed by atoms with Crippen molar-refractivity contribution in [3.8, 4) is 11.3 Å². The van der Waals surface area contributed by atoms with Crippen molar-refractivity contribution in [1.82, 2.24) is 14.4 Å². The Balaban J connectivity index is 1.49. The number of sulfonamides is 1. The van der Waals surface area contributed by atoms with Gasteiger partial charge in [0.15, 0.2) is 0 Å². The van der Waals surface area contributed by atoms with Gasteiger partial charge in [-0.3, -0.25) is 9.78 Å². The molecular weight excluding hydrogens is 543 g/mol. The summed E-state index contributed by atoms with van der Waals surface area (Å²) < 4.78 is 27.9. The minimum absolute atomic E-state index is 0.118. The van der Waals surface area contributed by atoms with Gasteiger partial charge >= 0.3 is 0 Å². The van der Waals surface area contributed by atoms with Crippen LogP contribution in [0.3, 0.4) is 0 Å². The molecule has 10 heteroatoms. The lowest BCUT2D eigenvalue weighted by atomic mass is 10.1. The van der Waals surface area contributed by atoms with Crippen LogP contribution in [0.15, 0.2) is 71.8 Å². The normalized spacial score (nSPS) is 15.4. The van der Waals surface area contributed by atoms with Crippen LogP contribution in [0.4, 0.5) is 5.69 Å². The zero-order valence-corrected chi connectivity index (χ0v) is 20.0. The molecule has 0 atom stereocenters. The van der Waals surface area contributed by atoms with E-state index in [9.17, 15) is 18.4 Å². The molecule has 0 saturated carbocycles. The second kappa shape index (κ2) is 9.63. The van der Waals surface area contributed by atoms with Crippen molar-refractivity contribution in [2.24, 2.45) is 0 Å². The molecule has 1 fully saturated rings. The van der Waals surface area contributed by atoms with Crippen molar-refractivity contribution in [2.45, 2.75) is 4.90 Å². The van der Waals surface area contributed by atoms with Gasteiger partial charge in [-0.05, 0) is 77.2 Å². The highest BCUT2D eigenvalue weighted by Gasteiger charge is 2.28. The molecule has 8 nitrogen and oxygen atoms in total. The summed E-state index contributed by atoms with van der Waals surface area (Å²) in [6, 6.07) is 17.1. The minimum atomic E-state index is -3.67. The SMILES string of the molecule is O=C(Nc1ccc(I)c(-c2ccccn2)c1)c1ccc(S(=O)(=O)N2CCN(O)CC2)cc1. The summed E-state index contributed by atoms with van der Waals surface area (Å²) in [5.41, 5.74) is 2.69. The first-order chi connectivity index (χ1) is 15.3. The molecule has 1 aromatic heterocycles. The number of hydrogen-bond acceptors (Lipinski definition) is 6. The standard InChI is InChI=1S/C22H21IN4O4S/c23-20-9-6-17(15-19(20)21-3-1-2-10-24-21)25-22(28)16-4-7-18(8-5-16)32(30,31)27-13-11-26(29)12-14-27/h1-10,15,29H,11-14H2,(H,25,28). The fraction of sp³-hybridized carbons (Fsp3) is 0.182. The maximum absolute atomic E-state index is 12.8. The second-order valence-corrected chi connectivity index (χ2v) is 10.3. The van der Waals surface area contributed by atoms with Crippen molar-refractivity contribution in [2.75, 3.05) is 31.5 Å². The number of benzene rings is 2. The Kier molecular flexibility index (Phi) is 6.86. The fourth-order valence-electron chi connectivity index (χ4n) is 3.37. The molecule has 2 heterocycles. The van der Waals surface area contributed by atoms with Crippen molar-refractivity contribution >= 4 is 44.2 Å². The van der Waals surface area contributed by atoms with Crippen molar-refractivity contribution in [1.29, 1.82) is 0 Å². The van der Waals surface area contributed by atoms with Crippen molar-refractivity contribution in [3.63, 3.8) is 0 Å². The Labute approximate surface area is 200 Å². The molecule has 0 spiro atoms. The topological polar surface area (TPSA) is 103 Å². The van der Waals surface area contributed by atoms with E-state index in [0.29, 0.717) is 11.3 Å². The van der Waals surface area contributed by atoms with Gasteiger partial charge in [0.25, 0.3) is 5.91 Å². The maximum atomic E-state index is 12.8. The Bertz CT molecular complexity index is 1210. The number of piperazine rings is 1. The molecule has 1 aliphatic heterocycles. The summed E-state index contributed by atoms with van der Waals surface area (Å²) in [7, 11) is -3.67. The number of hydrogen-bond donors (Lipinski definition) is 2. The molecule has 0 aliphatic carbocycles. The summed E-state index contributed by atoms with van der Waals surface area (Å²) >= 11 is 2.23. The number of rotatable bonds is 5. The number of halogens is 1. The third-order valence-corrected chi connectivity index (χ3v) is 7.99. The van der Waals surface area contributed by atoms with Gasteiger partial charge in [-0.1, -0.05) is 6.07 Å². The van der Waals surface area contributed by atoms with Crippen molar-refractivity contribution < 1.29 is 18.4 Å². The summed E-state index contributed by atoms with van der Waals surface area (Å²) in [4.78, 5) is 17.2. The summed E-state index contributed by atoms with van der Waals surface area (Å²) in [5, 5.41) is 13.4. The Morgan fingerprint density at radius 2 is 1.72 bits per heavy atom. The van der Waals surface area contributed by atoms with Crippen LogP contribution in [0.1, 0.15) is 10.4 Å². The van der Waals surface area contributed by atoms with E-state index in [2.05, 4.69) is 32.9 Å². The van der Waals surface area contributed by atoms with E-state index in [1.165, 1.54) is 28.6 Å². The molecule has 0 unspecified atom stereocenters. The molecule has 1 aliphatic rings. The molecule has 4 rings (SSSR count). The maximum Gasteiger partial charge on any atom is 0.255 e. The third-order valence-electron chi connectivity index (χ3n) is 5.13. The highest BCUT2D eigenvalue weighted by atomic mass is 127. The van der Waals surface area contributed by atoms with Gasteiger partial charge < -0.3 is 10.5 Å². The first kappa shape index (κ1) is 22.8. The van der Waals surface area contributed by atoms with Gasteiger partial charge in [-0.2, -0.15) is 9.37 Å². The second-order valence-electron chi connectivity index (χ2n) is 7.25. The van der Waals surface area contributed by atoms with E-state index in [1.807, 2.05) is 36.4 Å². The summed E-state index contributed by atoms with van der Waals surface area (Å²) in [5.74, 6) is -0.337. The highest BCUT2D eigenvalue weighted by Crippen LogP contribution is 2.27. The minimum Gasteiger partial charge on any atom is -0.322 e. The summed E-state index contributed by atoms with van der Waals surface area (Å²) in [6.07, 6.45) is 1.72. The molecule has 2 N–H and O–H groups in total. The van der Waals surface area contributed by atoms with E-state index in [-0.39, 0.29) is 37.0 Å². The van der Waals surface area contributed by atoms with E-state index < -0.39 is 10.0 Å². The largest absolute Gasteiger partial charge is 0.322 e. The van der Waals surface area contributed by atoms with Crippen LogP contribution in [0.2, 0.25) is 0 Å². The molecule has 3 aromatic rings. The average molecular weight is 564 g/mol. The van der Waals surface area contributed by atoms with Crippen LogP contribution in [0.5, 0.6) is 0 Å². The lowest BCUT2D eigenvalue weighted by molar-refractivity contribution is -0.108. The predicted molar refractivity (Wildman–Crippen MR) is 129 cm³/mol. The van der Waals surface area contributed by atoms with Crippen LogP contribution in [-0.2, 0) is 10.0 Å². The number of amides is 1. The Morgan fingerprint density at radius 1 is 1.00 bits per heavy atom. The van der Waals surface area contributed by atoms with E-state index >= 15 is 0 Å². The molecule has 1 amide bonds. The summed E-state index contributed by atoms with van der Waals surface area (Å²) in [6.45, 7) is 0.950. The van der Waals surface area contributed by atoms with Crippen LogP contribution < -0.4 is 5.32 Å². The average Bonchev–Trinajstić information content (AvgIpc) is 2.81. The highest BCUT2D eigenvalue weighted by molar-refractivity contribution is 14.1. The van der Waals surface area contributed by atoms with E-state index in [1.54, 1.807) is 6.20 Å². The van der Waals surface area contributed by atoms with Crippen LogP contribution >= 0.6 is 22.6 Å². The van der Waals surface area contributed by atoms with Crippen LogP contribution in [0, 0.1) is 3.57 Å². The molecule has 32 heavy (non-hydrogen) atoms. The van der Waals surface area contributed by atoms with Gasteiger partial charge in [0.1, 0.15) is 0 Å². The molecule has 1 saturated heterocycles. The zero-order valence-electron chi connectivity index (χ0n) is 17.0. The van der Waals surface area contributed by atoms with E-state index in [4.69, 9.17) is 0 Å². The first-order valence-electron chi connectivity index (χ1n) is 9.91.